The number of aromatic amines is 1. The number of hydrogen-bond acceptors (Lipinski definition) is 8. The molecule has 0 radical (unpaired) electrons. The predicted molar refractivity (Wildman–Crippen MR) is 105 cm³/mol. The zero-order chi connectivity index (χ0) is 19.1. The Morgan fingerprint density at radius 1 is 1.21 bits per heavy atom. The number of para-hydroxylation sites is 1. The molecule has 10 nitrogen and oxygen atoms in total. The van der Waals surface area contributed by atoms with E-state index in [0.29, 0.717) is 40.4 Å². The highest BCUT2D eigenvalue weighted by molar-refractivity contribution is 7.08. The summed E-state index contributed by atoms with van der Waals surface area (Å²) < 4.78 is 1.89. The average molecular weight is 392 g/mol. The molecule has 5 rings (SSSR count). The molecule has 0 amide bonds. The molecule has 0 saturated heterocycles. The Morgan fingerprint density at radius 2 is 2.14 bits per heavy atom. The molecule has 0 fully saturated rings. The van der Waals surface area contributed by atoms with Crippen molar-refractivity contribution >= 4 is 45.0 Å². The van der Waals surface area contributed by atoms with Crippen LogP contribution in [0.1, 0.15) is 5.82 Å². The van der Waals surface area contributed by atoms with Crippen LogP contribution in [0, 0.1) is 10.1 Å². The van der Waals surface area contributed by atoms with Crippen LogP contribution in [0.3, 0.4) is 0 Å². The standard InChI is InChI=1S/C17H12N8O2S/c26-25(27)12-3-1-2-11-14(12)23-13(22-11)6-18-16-15-17(20-8-19-16)24(9-21-15)10-4-5-28-7-10/h1-5,7-9H,6H2,(H,22,23)(H,18,19,20). The third kappa shape index (κ3) is 2.65. The van der Waals surface area contributed by atoms with Crippen molar-refractivity contribution in [2.24, 2.45) is 0 Å². The normalized spacial score (nSPS) is 11.3. The summed E-state index contributed by atoms with van der Waals surface area (Å²) in [5.41, 5.74) is 3.23. The summed E-state index contributed by atoms with van der Waals surface area (Å²) in [6, 6.07) is 6.80. The molecule has 28 heavy (non-hydrogen) atoms. The summed E-state index contributed by atoms with van der Waals surface area (Å²) >= 11 is 1.60. The fraction of sp³-hybridized carbons (Fsp3) is 0.0588. The molecule has 4 heterocycles. The summed E-state index contributed by atoms with van der Waals surface area (Å²) in [6.07, 6.45) is 3.18. The second kappa shape index (κ2) is 6.39. The lowest BCUT2D eigenvalue weighted by Gasteiger charge is -2.04. The van der Waals surface area contributed by atoms with E-state index in [1.54, 1.807) is 29.8 Å². The van der Waals surface area contributed by atoms with Crippen molar-refractivity contribution in [3.63, 3.8) is 0 Å². The van der Waals surface area contributed by atoms with Crippen molar-refractivity contribution in [2.45, 2.75) is 6.54 Å². The molecule has 0 bridgehead atoms. The molecule has 0 saturated carbocycles. The number of nitro groups is 1. The van der Waals surface area contributed by atoms with Crippen LogP contribution in [0.5, 0.6) is 0 Å². The number of nitrogens with zero attached hydrogens (tertiary/aromatic N) is 6. The molecule has 0 unspecified atom stereocenters. The number of benzene rings is 1. The number of hydrogen-bond donors (Lipinski definition) is 2. The van der Waals surface area contributed by atoms with Crippen LogP contribution in [0.2, 0.25) is 0 Å². The zero-order valence-electron chi connectivity index (χ0n) is 14.2. The number of rotatable bonds is 5. The van der Waals surface area contributed by atoms with Crippen LogP contribution in [0.25, 0.3) is 27.9 Å². The molecule has 0 aliphatic rings. The number of imidazole rings is 2. The number of nitro benzene ring substituents is 1. The molecule has 0 aliphatic heterocycles. The van der Waals surface area contributed by atoms with E-state index >= 15 is 0 Å². The van der Waals surface area contributed by atoms with E-state index in [1.807, 2.05) is 21.4 Å². The summed E-state index contributed by atoms with van der Waals surface area (Å²) in [4.78, 5) is 31.2. The predicted octanol–water partition coefficient (Wildman–Crippen LogP) is 3.27. The minimum absolute atomic E-state index is 0.0288. The number of nitrogens with one attached hydrogen (secondary N) is 2. The summed E-state index contributed by atoms with van der Waals surface area (Å²) in [5.74, 6) is 1.13. The van der Waals surface area contributed by atoms with E-state index < -0.39 is 4.92 Å². The second-order valence-corrected chi connectivity index (χ2v) is 6.74. The monoisotopic (exact) mass is 392 g/mol. The average Bonchev–Trinajstić information content (AvgIpc) is 3.43. The Hall–Kier alpha value is -3.86. The molecule has 5 aromatic rings. The summed E-state index contributed by atoms with van der Waals surface area (Å²) in [6.45, 7) is 0.309. The number of thiophene rings is 1. The molecule has 138 valence electrons. The van der Waals surface area contributed by atoms with E-state index in [2.05, 4.69) is 30.2 Å². The largest absolute Gasteiger partial charge is 0.361 e. The maximum atomic E-state index is 11.2. The molecule has 0 spiro atoms. The van der Waals surface area contributed by atoms with Crippen LogP contribution in [0.4, 0.5) is 11.5 Å². The van der Waals surface area contributed by atoms with Gasteiger partial charge in [0.25, 0.3) is 5.69 Å². The maximum absolute atomic E-state index is 11.2. The van der Waals surface area contributed by atoms with Gasteiger partial charge >= 0.3 is 0 Å². The van der Waals surface area contributed by atoms with Crippen molar-refractivity contribution in [1.29, 1.82) is 0 Å². The number of aromatic nitrogens is 6. The van der Waals surface area contributed by atoms with Gasteiger partial charge in [0, 0.05) is 11.4 Å². The molecule has 4 aromatic heterocycles. The van der Waals surface area contributed by atoms with Gasteiger partial charge in [-0.05, 0) is 17.5 Å². The van der Waals surface area contributed by atoms with Gasteiger partial charge in [-0.25, -0.2) is 19.9 Å². The Labute approximate surface area is 161 Å². The third-order valence-electron chi connectivity index (χ3n) is 4.28. The Morgan fingerprint density at radius 3 is 2.96 bits per heavy atom. The lowest BCUT2D eigenvalue weighted by Crippen LogP contribution is -2.04. The van der Waals surface area contributed by atoms with Crippen molar-refractivity contribution in [1.82, 2.24) is 29.5 Å². The highest BCUT2D eigenvalue weighted by atomic mass is 32.1. The van der Waals surface area contributed by atoms with Crippen LogP contribution in [0.15, 0.2) is 47.7 Å². The van der Waals surface area contributed by atoms with Gasteiger partial charge < -0.3 is 10.3 Å². The number of H-pyrrole nitrogens is 1. The third-order valence-corrected chi connectivity index (χ3v) is 4.95. The molecule has 11 heteroatoms. The van der Waals surface area contributed by atoms with Gasteiger partial charge in [-0.15, -0.1) is 0 Å². The van der Waals surface area contributed by atoms with E-state index in [9.17, 15) is 10.1 Å². The maximum Gasteiger partial charge on any atom is 0.297 e. The van der Waals surface area contributed by atoms with Crippen molar-refractivity contribution in [2.75, 3.05) is 5.32 Å². The minimum atomic E-state index is -0.439. The minimum Gasteiger partial charge on any atom is -0.361 e. The lowest BCUT2D eigenvalue weighted by molar-refractivity contribution is -0.383. The zero-order valence-corrected chi connectivity index (χ0v) is 15.1. The quantitative estimate of drug-likeness (QED) is 0.347. The van der Waals surface area contributed by atoms with E-state index in [0.717, 1.165) is 5.69 Å². The summed E-state index contributed by atoms with van der Waals surface area (Å²) in [5, 5.41) is 18.3. The molecule has 1 aromatic carbocycles. The van der Waals surface area contributed by atoms with Crippen LogP contribution in [-0.4, -0.2) is 34.4 Å². The Kier molecular flexibility index (Phi) is 3.72. The first-order valence-electron chi connectivity index (χ1n) is 8.27. The van der Waals surface area contributed by atoms with Gasteiger partial charge in [0.1, 0.15) is 18.5 Å². The SMILES string of the molecule is O=[N+]([O-])c1cccc2[nH]c(CNc3ncnc4c3ncn4-c3ccsc3)nc12. The number of non-ortho nitro benzene ring substituents is 1. The van der Waals surface area contributed by atoms with Crippen LogP contribution < -0.4 is 5.32 Å². The van der Waals surface area contributed by atoms with E-state index in [1.165, 1.54) is 12.4 Å². The Bertz CT molecular complexity index is 1310. The number of fused-ring (bicyclic) bond motifs is 2. The lowest BCUT2D eigenvalue weighted by atomic mass is 10.3. The smallest absolute Gasteiger partial charge is 0.297 e. The van der Waals surface area contributed by atoms with Crippen LogP contribution >= 0.6 is 11.3 Å². The van der Waals surface area contributed by atoms with Gasteiger partial charge in [0.2, 0.25) is 0 Å². The van der Waals surface area contributed by atoms with Crippen molar-refractivity contribution in [3.05, 3.63) is 63.6 Å². The fourth-order valence-electron chi connectivity index (χ4n) is 3.01. The topological polar surface area (TPSA) is 127 Å². The van der Waals surface area contributed by atoms with Crippen LogP contribution in [-0.2, 0) is 6.54 Å². The van der Waals surface area contributed by atoms with Gasteiger partial charge in [0.15, 0.2) is 22.5 Å². The van der Waals surface area contributed by atoms with E-state index in [-0.39, 0.29) is 5.69 Å². The van der Waals surface area contributed by atoms with Gasteiger partial charge in [-0.3, -0.25) is 14.7 Å². The highest BCUT2D eigenvalue weighted by Crippen LogP contribution is 2.25. The van der Waals surface area contributed by atoms with E-state index in [4.69, 9.17) is 0 Å². The first-order chi connectivity index (χ1) is 13.7. The van der Waals surface area contributed by atoms with Gasteiger partial charge in [-0.1, -0.05) is 6.07 Å². The first-order valence-corrected chi connectivity index (χ1v) is 9.21. The summed E-state index contributed by atoms with van der Waals surface area (Å²) in [7, 11) is 0. The number of anilines is 1. The second-order valence-electron chi connectivity index (χ2n) is 5.96. The molecule has 0 atom stereocenters. The Balaban J connectivity index is 1.46. The molecule has 2 N–H and O–H groups in total. The van der Waals surface area contributed by atoms with Crippen molar-refractivity contribution in [3.8, 4) is 5.69 Å². The molecule has 0 aliphatic carbocycles. The first kappa shape index (κ1) is 16.3. The molecular weight excluding hydrogens is 380 g/mol. The highest BCUT2D eigenvalue weighted by Gasteiger charge is 2.16. The van der Waals surface area contributed by atoms with Crippen molar-refractivity contribution < 1.29 is 4.92 Å². The molecular formula is C17H12N8O2S. The van der Waals surface area contributed by atoms with Gasteiger partial charge in [0.05, 0.1) is 22.7 Å². The fourth-order valence-corrected chi connectivity index (χ4v) is 3.64. The van der Waals surface area contributed by atoms with Gasteiger partial charge in [-0.2, -0.15) is 11.3 Å².